The average molecular weight is 369 g/mol. The van der Waals surface area contributed by atoms with Crippen LogP contribution in [0.5, 0.6) is 5.75 Å². The van der Waals surface area contributed by atoms with E-state index in [4.69, 9.17) is 4.74 Å². The van der Waals surface area contributed by atoms with E-state index in [1.54, 1.807) is 14.2 Å². The van der Waals surface area contributed by atoms with Gasteiger partial charge in [-0.2, -0.15) is 0 Å². The highest BCUT2D eigenvalue weighted by molar-refractivity contribution is 5.79. The quantitative estimate of drug-likeness (QED) is 0.554. The molecule has 0 radical (unpaired) electrons. The van der Waals surface area contributed by atoms with Crippen molar-refractivity contribution in [3.63, 3.8) is 0 Å². The minimum Gasteiger partial charge on any atom is -0.496 e. The van der Waals surface area contributed by atoms with Crippen molar-refractivity contribution < 1.29 is 4.74 Å². The van der Waals surface area contributed by atoms with Gasteiger partial charge in [0.25, 0.3) is 0 Å². The summed E-state index contributed by atoms with van der Waals surface area (Å²) >= 11 is 0. The lowest BCUT2D eigenvalue weighted by molar-refractivity contribution is 0.265. The Hall–Kier alpha value is -2.53. The van der Waals surface area contributed by atoms with E-state index in [1.165, 1.54) is 11.1 Å². The summed E-state index contributed by atoms with van der Waals surface area (Å²) in [6, 6.07) is 17.1. The first-order valence-corrected chi connectivity index (χ1v) is 9.38. The molecule has 0 bridgehead atoms. The molecule has 2 aromatic carbocycles. The molecule has 0 aliphatic carbocycles. The van der Waals surface area contributed by atoms with Crippen molar-refractivity contribution in [3.05, 3.63) is 65.2 Å². The van der Waals surface area contributed by atoms with Gasteiger partial charge < -0.3 is 15.4 Å². The third kappa shape index (κ3) is 6.29. The Morgan fingerprint density at radius 2 is 1.52 bits per heavy atom. The van der Waals surface area contributed by atoms with Crippen LogP contribution in [0.1, 0.15) is 30.5 Å². The highest BCUT2D eigenvalue weighted by Gasteiger charge is 2.09. The number of benzene rings is 2. The molecule has 0 heterocycles. The highest BCUT2D eigenvalue weighted by Crippen LogP contribution is 2.16. The van der Waals surface area contributed by atoms with Crippen LogP contribution in [0.3, 0.4) is 0 Å². The van der Waals surface area contributed by atoms with E-state index in [9.17, 15) is 0 Å². The van der Waals surface area contributed by atoms with Gasteiger partial charge in [-0.25, -0.2) is 0 Å². The van der Waals surface area contributed by atoms with E-state index >= 15 is 0 Å². The Balaban J connectivity index is 1.96. The van der Waals surface area contributed by atoms with Crippen molar-refractivity contribution in [2.24, 2.45) is 4.99 Å². The second-order valence-corrected chi connectivity index (χ2v) is 6.87. The fraction of sp³-hybridized carbons (Fsp3) is 0.409. The molecule has 2 aromatic rings. The summed E-state index contributed by atoms with van der Waals surface area (Å²) < 4.78 is 5.41. The Morgan fingerprint density at radius 1 is 0.963 bits per heavy atom. The molecule has 0 aromatic heterocycles. The van der Waals surface area contributed by atoms with Crippen LogP contribution in [0, 0.1) is 0 Å². The summed E-state index contributed by atoms with van der Waals surface area (Å²) in [5.41, 5.74) is 3.72. The maximum atomic E-state index is 5.41. The highest BCUT2D eigenvalue weighted by atomic mass is 16.5. The molecule has 5 heteroatoms. The summed E-state index contributed by atoms with van der Waals surface area (Å²) in [4.78, 5) is 6.68. The van der Waals surface area contributed by atoms with Crippen LogP contribution in [0.4, 0.5) is 0 Å². The largest absolute Gasteiger partial charge is 0.496 e. The molecular weight excluding hydrogens is 336 g/mol. The second-order valence-electron chi connectivity index (χ2n) is 6.87. The molecule has 146 valence electrons. The maximum absolute atomic E-state index is 5.41. The molecule has 0 amide bonds. The molecular formula is C22H32N4O. The number of guanidine groups is 1. The van der Waals surface area contributed by atoms with Crippen molar-refractivity contribution in [2.75, 3.05) is 21.2 Å². The number of nitrogens with zero attached hydrogens (tertiary/aromatic N) is 2. The minimum atomic E-state index is 0.515. The molecule has 0 aliphatic heterocycles. The third-order valence-corrected chi connectivity index (χ3v) is 4.73. The van der Waals surface area contributed by atoms with Crippen LogP contribution >= 0.6 is 0 Å². The van der Waals surface area contributed by atoms with Gasteiger partial charge in [-0.05, 0) is 38.1 Å². The van der Waals surface area contributed by atoms with E-state index in [0.29, 0.717) is 12.6 Å². The zero-order valence-corrected chi connectivity index (χ0v) is 17.1. The van der Waals surface area contributed by atoms with E-state index in [-0.39, 0.29) is 0 Å². The predicted octanol–water partition coefficient (Wildman–Crippen LogP) is 3.40. The van der Waals surface area contributed by atoms with E-state index in [0.717, 1.165) is 30.4 Å². The van der Waals surface area contributed by atoms with Crippen LogP contribution in [0.15, 0.2) is 53.5 Å². The van der Waals surface area contributed by atoms with Gasteiger partial charge in [0.1, 0.15) is 5.75 Å². The number of ether oxygens (including phenoxy) is 1. The Bertz CT molecular complexity index is 743. The average Bonchev–Trinajstić information content (AvgIpc) is 2.69. The van der Waals surface area contributed by atoms with Gasteiger partial charge in [-0.3, -0.25) is 9.89 Å². The van der Waals surface area contributed by atoms with Crippen molar-refractivity contribution in [3.8, 4) is 5.75 Å². The molecule has 2 rings (SSSR count). The fourth-order valence-corrected chi connectivity index (χ4v) is 2.76. The second kappa shape index (κ2) is 10.6. The first-order chi connectivity index (χ1) is 13.0. The molecule has 0 saturated carbocycles. The number of rotatable bonds is 8. The molecule has 0 fully saturated rings. The van der Waals surface area contributed by atoms with Gasteiger partial charge in [0.05, 0.1) is 7.11 Å². The van der Waals surface area contributed by atoms with Crippen molar-refractivity contribution in [2.45, 2.75) is 39.5 Å². The summed E-state index contributed by atoms with van der Waals surface area (Å²) in [7, 11) is 5.63. The van der Waals surface area contributed by atoms with E-state index in [1.807, 2.05) is 18.2 Å². The number of hydrogen-bond acceptors (Lipinski definition) is 3. The number of hydrogen-bond donors (Lipinski definition) is 2. The topological polar surface area (TPSA) is 48.9 Å². The van der Waals surface area contributed by atoms with E-state index in [2.05, 4.69) is 71.8 Å². The first kappa shape index (κ1) is 20.8. The Kier molecular flexibility index (Phi) is 8.14. The lowest BCUT2D eigenvalue weighted by atomic mass is 10.1. The smallest absolute Gasteiger partial charge is 0.191 e. The van der Waals surface area contributed by atoms with Gasteiger partial charge in [0.2, 0.25) is 0 Å². The predicted molar refractivity (Wildman–Crippen MR) is 113 cm³/mol. The number of nitrogens with one attached hydrogen (secondary N) is 2. The standard InChI is InChI=1S/C22H32N4O/c1-17(2)26(4)16-20-12-7-6-10-18(20)14-24-22(23-3)25-15-19-11-8-9-13-21(19)27-5/h6-13,17H,14-16H2,1-5H3,(H2,23,24,25). The summed E-state index contributed by atoms with van der Waals surface area (Å²) in [5, 5.41) is 6.77. The lowest BCUT2D eigenvalue weighted by Crippen LogP contribution is -2.36. The molecule has 5 nitrogen and oxygen atoms in total. The normalized spacial score (nSPS) is 11.7. The van der Waals surface area contributed by atoms with Crippen molar-refractivity contribution in [1.29, 1.82) is 0 Å². The third-order valence-electron chi connectivity index (χ3n) is 4.73. The van der Waals surface area contributed by atoms with Crippen LogP contribution < -0.4 is 15.4 Å². The van der Waals surface area contributed by atoms with Gasteiger partial charge in [-0.1, -0.05) is 42.5 Å². The Labute approximate surface area is 163 Å². The van der Waals surface area contributed by atoms with Crippen molar-refractivity contribution in [1.82, 2.24) is 15.5 Å². The fourth-order valence-electron chi connectivity index (χ4n) is 2.76. The molecule has 0 unspecified atom stereocenters. The minimum absolute atomic E-state index is 0.515. The van der Waals surface area contributed by atoms with Crippen LogP contribution in [0.2, 0.25) is 0 Å². The Morgan fingerprint density at radius 3 is 2.11 bits per heavy atom. The summed E-state index contributed by atoms with van der Waals surface area (Å²) in [6.07, 6.45) is 0. The zero-order chi connectivity index (χ0) is 19.6. The van der Waals surface area contributed by atoms with Crippen LogP contribution in [-0.4, -0.2) is 38.1 Å². The van der Waals surface area contributed by atoms with Crippen LogP contribution in [-0.2, 0) is 19.6 Å². The van der Waals surface area contributed by atoms with Crippen molar-refractivity contribution >= 4 is 5.96 Å². The maximum Gasteiger partial charge on any atom is 0.191 e. The lowest BCUT2D eigenvalue weighted by Gasteiger charge is -2.23. The SMILES string of the molecule is CN=C(NCc1ccccc1CN(C)C(C)C)NCc1ccccc1OC. The van der Waals surface area contributed by atoms with Gasteiger partial charge in [-0.15, -0.1) is 0 Å². The van der Waals surface area contributed by atoms with Gasteiger partial charge >= 0.3 is 0 Å². The molecule has 0 spiro atoms. The van der Waals surface area contributed by atoms with Gasteiger partial charge in [0, 0.05) is 38.3 Å². The molecule has 0 saturated heterocycles. The number of aliphatic imine (C=N–C) groups is 1. The molecule has 0 aliphatic rings. The zero-order valence-electron chi connectivity index (χ0n) is 17.1. The molecule has 27 heavy (non-hydrogen) atoms. The van der Waals surface area contributed by atoms with Gasteiger partial charge in [0.15, 0.2) is 5.96 Å². The van der Waals surface area contributed by atoms with Crippen LogP contribution in [0.25, 0.3) is 0 Å². The van der Waals surface area contributed by atoms with E-state index < -0.39 is 0 Å². The molecule has 2 N–H and O–H groups in total. The monoisotopic (exact) mass is 368 g/mol. The number of methoxy groups -OCH3 is 1. The first-order valence-electron chi connectivity index (χ1n) is 9.38. The molecule has 0 atom stereocenters. The summed E-state index contributed by atoms with van der Waals surface area (Å²) in [5.74, 6) is 1.65. The number of para-hydroxylation sites is 1. The summed E-state index contributed by atoms with van der Waals surface area (Å²) in [6.45, 7) is 6.74.